The van der Waals surface area contributed by atoms with Gasteiger partial charge in [-0.3, -0.25) is 5.32 Å². The number of hydrogen-bond acceptors (Lipinski definition) is 3. The molecule has 3 nitrogen and oxygen atoms in total. The summed E-state index contributed by atoms with van der Waals surface area (Å²) < 4.78 is 44.5. The van der Waals surface area contributed by atoms with Crippen LogP contribution in [0.15, 0.2) is 12.1 Å². The number of carbonyl (C=O) groups is 1. The van der Waals surface area contributed by atoms with Crippen LogP contribution in [0.1, 0.15) is 32.4 Å². The Morgan fingerprint density at radius 2 is 1.79 bits per heavy atom. The van der Waals surface area contributed by atoms with Gasteiger partial charge < -0.3 is 4.74 Å². The molecule has 0 aliphatic rings. The molecule has 0 spiro atoms. The number of ether oxygens (including phenoxy) is 1. The summed E-state index contributed by atoms with van der Waals surface area (Å²) in [6.45, 7) is 5.19. The van der Waals surface area contributed by atoms with E-state index in [1.807, 2.05) is 0 Å². The second-order valence-electron chi connectivity index (χ2n) is 4.29. The highest BCUT2D eigenvalue weighted by Crippen LogP contribution is 2.22. The van der Waals surface area contributed by atoms with Crippen LogP contribution in [0.2, 0.25) is 0 Å². The summed E-state index contributed by atoms with van der Waals surface area (Å²) in [5.74, 6) is -4.24. The third-order valence-electron chi connectivity index (χ3n) is 2.37. The summed E-state index contributed by atoms with van der Waals surface area (Å²) >= 11 is 0. The Labute approximate surface area is 109 Å². The maximum absolute atomic E-state index is 13.7. The number of carbonyl (C=O) groups excluding carboxylic acids is 1. The van der Waals surface area contributed by atoms with Crippen molar-refractivity contribution in [2.75, 3.05) is 6.61 Å². The summed E-state index contributed by atoms with van der Waals surface area (Å²) in [5, 5.41) is 2.76. The van der Waals surface area contributed by atoms with Crippen LogP contribution in [0.25, 0.3) is 0 Å². The van der Waals surface area contributed by atoms with Crippen molar-refractivity contribution in [3.05, 3.63) is 35.1 Å². The van der Waals surface area contributed by atoms with Gasteiger partial charge in [-0.2, -0.15) is 0 Å². The molecule has 1 rings (SSSR count). The van der Waals surface area contributed by atoms with Gasteiger partial charge in [0.1, 0.15) is 11.9 Å². The minimum Gasteiger partial charge on any atom is -0.465 e. The predicted octanol–water partition coefficient (Wildman–Crippen LogP) is 2.71. The summed E-state index contributed by atoms with van der Waals surface area (Å²) in [6.07, 6.45) is 0. The number of esters is 1. The molecule has 1 aromatic carbocycles. The second kappa shape index (κ2) is 6.56. The smallest absolute Gasteiger partial charge is 0.327 e. The average Bonchev–Trinajstić information content (AvgIpc) is 2.31. The Morgan fingerprint density at radius 1 is 1.21 bits per heavy atom. The lowest BCUT2D eigenvalue weighted by Crippen LogP contribution is -2.35. The third-order valence-corrected chi connectivity index (χ3v) is 2.37. The molecule has 0 fully saturated rings. The zero-order valence-electron chi connectivity index (χ0n) is 11.0. The maximum Gasteiger partial charge on any atom is 0.327 e. The van der Waals surface area contributed by atoms with Crippen molar-refractivity contribution in [1.82, 2.24) is 5.32 Å². The monoisotopic (exact) mass is 275 g/mol. The first-order valence-electron chi connectivity index (χ1n) is 5.94. The van der Waals surface area contributed by atoms with Gasteiger partial charge in [0.15, 0.2) is 11.6 Å². The van der Waals surface area contributed by atoms with Crippen LogP contribution in [0.4, 0.5) is 13.2 Å². The fourth-order valence-corrected chi connectivity index (χ4v) is 1.60. The number of nitrogens with one attached hydrogen (secondary N) is 1. The van der Waals surface area contributed by atoms with E-state index < -0.39 is 29.5 Å². The number of benzene rings is 1. The number of halogens is 3. The van der Waals surface area contributed by atoms with Crippen molar-refractivity contribution >= 4 is 5.97 Å². The molecule has 0 aliphatic carbocycles. The zero-order chi connectivity index (χ0) is 14.6. The van der Waals surface area contributed by atoms with Gasteiger partial charge in [-0.05, 0) is 26.8 Å². The Bertz CT molecular complexity index is 463. The van der Waals surface area contributed by atoms with Crippen LogP contribution in [0.5, 0.6) is 0 Å². The topological polar surface area (TPSA) is 38.3 Å². The van der Waals surface area contributed by atoms with Crippen molar-refractivity contribution in [2.24, 2.45) is 0 Å². The van der Waals surface area contributed by atoms with Gasteiger partial charge in [0.2, 0.25) is 0 Å². The minimum atomic E-state index is -1.30. The number of hydrogen-bond donors (Lipinski definition) is 1. The molecule has 0 saturated carbocycles. The van der Waals surface area contributed by atoms with E-state index in [-0.39, 0.29) is 18.2 Å². The molecular weight excluding hydrogens is 259 g/mol. The molecule has 0 amide bonds. The summed E-state index contributed by atoms with van der Waals surface area (Å²) in [4.78, 5) is 11.8. The van der Waals surface area contributed by atoms with Gasteiger partial charge in [0, 0.05) is 17.7 Å². The Morgan fingerprint density at radius 3 is 2.32 bits per heavy atom. The van der Waals surface area contributed by atoms with Crippen LogP contribution in [0.3, 0.4) is 0 Å². The van der Waals surface area contributed by atoms with Crippen LogP contribution in [-0.4, -0.2) is 18.6 Å². The predicted molar refractivity (Wildman–Crippen MR) is 64.0 cm³/mol. The van der Waals surface area contributed by atoms with E-state index in [4.69, 9.17) is 4.74 Å². The van der Waals surface area contributed by atoms with Gasteiger partial charge >= 0.3 is 5.97 Å². The van der Waals surface area contributed by atoms with Crippen molar-refractivity contribution in [1.29, 1.82) is 0 Å². The van der Waals surface area contributed by atoms with E-state index in [1.165, 1.54) is 0 Å². The lowest BCUT2D eigenvalue weighted by Gasteiger charge is -2.20. The van der Waals surface area contributed by atoms with E-state index >= 15 is 0 Å². The highest BCUT2D eigenvalue weighted by atomic mass is 19.2. The molecular formula is C13H16F3NO2. The maximum atomic E-state index is 13.7. The molecule has 6 heteroatoms. The molecule has 0 radical (unpaired) electrons. The Balaban J connectivity index is 3.16. The highest BCUT2D eigenvalue weighted by molar-refractivity contribution is 5.77. The van der Waals surface area contributed by atoms with E-state index in [2.05, 4.69) is 5.32 Å². The summed E-state index contributed by atoms with van der Waals surface area (Å²) in [7, 11) is 0. The first-order valence-corrected chi connectivity index (χ1v) is 5.94. The number of rotatable bonds is 5. The van der Waals surface area contributed by atoms with Gasteiger partial charge in [0.05, 0.1) is 6.61 Å². The third kappa shape index (κ3) is 3.96. The van der Waals surface area contributed by atoms with Crippen LogP contribution >= 0.6 is 0 Å². The molecule has 106 valence electrons. The molecule has 0 saturated heterocycles. The first kappa shape index (κ1) is 15.5. The lowest BCUT2D eigenvalue weighted by atomic mass is 10.0. The van der Waals surface area contributed by atoms with Gasteiger partial charge in [-0.1, -0.05) is 0 Å². The van der Waals surface area contributed by atoms with Crippen molar-refractivity contribution in [2.45, 2.75) is 32.9 Å². The van der Waals surface area contributed by atoms with Gasteiger partial charge in [0.25, 0.3) is 0 Å². The molecule has 19 heavy (non-hydrogen) atoms. The first-order chi connectivity index (χ1) is 8.86. The summed E-state index contributed by atoms with van der Waals surface area (Å²) in [6, 6.07) is -0.252. The largest absolute Gasteiger partial charge is 0.465 e. The van der Waals surface area contributed by atoms with Gasteiger partial charge in [-0.15, -0.1) is 0 Å². The second-order valence-corrected chi connectivity index (χ2v) is 4.29. The van der Waals surface area contributed by atoms with Gasteiger partial charge in [-0.25, -0.2) is 18.0 Å². The fourth-order valence-electron chi connectivity index (χ4n) is 1.60. The normalized spacial score (nSPS) is 12.6. The van der Waals surface area contributed by atoms with Crippen LogP contribution < -0.4 is 5.32 Å². The van der Waals surface area contributed by atoms with Crippen LogP contribution in [0, 0.1) is 17.5 Å². The quantitative estimate of drug-likeness (QED) is 0.663. The Hall–Kier alpha value is -1.56. The molecule has 0 bridgehead atoms. The van der Waals surface area contributed by atoms with Crippen molar-refractivity contribution in [3.8, 4) is 0 Å². The fraction of sp³-hybridized carbons (Fsp3) is 0.462. The van der Waals surface area contributed by atoms with E-state index in [1.54, 1.807) is 20.8 Å². The lowest BCUT2D eigenvalue weighted by molar-refractivity contribution is -0.146. The van der Waals surface area contributed by atoms with Crippen molar-refractivity contribution in [3.63, 3.8) is 0 Å². The van der Waals surface area contributed by atoms with E-state index in [0.29, 0.717) is 12.1 Å². The minimum absolute atomic E-state index is 0.112. The van der Waals surface area contributed by atoms with Crippen LogP contribution in [-0.2, 0) is 9.53 Å². The Kier molecular flexibility index (Phi) is 5.35. The van der Waals surface area contributed by atoms with E-state index in [0.717, 1.165) is 0 Å². The molecule has 0 heterocycles. The molecule has 1 aromatic rings. The highest BCUT2D eigenvalue weighted by Gasteiger charge is 2.27. The summed E-state index contributed by atoms with van der Waals surface area (Å²) in [5.41, 5.74) is -0.272. The molecule has 0 aromatic heterocycles. The molecule has 1 N–H and O–H groups in total. The standard InChI is InChI=1S/C13H16F3NO2/c1-4-19-13(18)12(17-7(2)3)8-5-10(15)11(16)6-9(8)14/h5-7,12,17H,4H2,1-3H3. The molecule has 1 unspecified atom stereocenters. The van der Waals surface area contributed by atoms with Crippen molar-refractivity contribution < 1.29 is 22.7 Å². The molecule has 0 aliphatic heterocycles. The SMILES string of the molecule is CCOC(=O)C(NC(C)C)c1cc(F)c(F)cc1F. The van der Waals surface area contributed by atoms with E-state index in [9.17, 15) is 18.0 Å². The zero-order valence-corrected chi connectivity index (χ0v) is 11.0. The molecule has 1 atom stereocenters. The average molecular weight is 275 g/mol.